The zero-order valence-electron chi connectivity index (χ0n) is 9.83. The lowest BCUT2D eigenvalue weighted by atomic mass is 10.3. The van der Waals surface area contributed by atoms with E-state index in [0.717, 1.165) is 30.9 Å². The second kappa shape index (κ2) is 4.55. The number of nitrogens with zero attached hydrogens (tertiary/aromatic N) is 3. The van der Waals surface area contributed by atoms with E-state index in [1.54, 1.807) is 7.11 Å². The minimum atomic E-state index is 0.299. The average molecular weight is 242 g/mol. The molecule has 0 saturated carbocycles. The van der Waals surface area contributed by atoms with Crippen molar-refractivity contribution in [2.45, 2.75) is 26.4 Å². The van der Waals surface area contributed by atoms with Crippen LogP contribution < -0.4 is 4.90 Å². The summed E-state index contributed by atoms with van der Waals surface area (Å²) < 4.78 is 5.35. The first kappa shape index (κ1) is 11.6. The van der Waals surface area contributed by atoms with Crippen molar-refractivity contribution in [3.05, 3.63) is 16.5 Å². The van der Waals surface area contributed by atoms with Gasteiger partial charge in [-0.05, 0) is 20.3 Å². The molecule has 2 heterocycles. The average Bonchev–Trinajstić information content (AvgIpc) is 2.71. The molecule has 0 amide bonds. The van der Waals surface area contributed by atoms with E-state index in [-0.39, 0.29) is 0 Å². The molecule has 1 aliphatic heterocycles. The highest BCUT2D eigenvalue weighted by Gasteiger charge is 2.25. The van der Waals surface area contributed by atoms with Gasteiger partial charge in [0.2, 0.25) is 0 Å². The van der Waals surface area contributed by atoms with Crippen molar-refractivity contribution in [2.24, 2.45) is 0 Å². The second-order valence-corrected chi connectivity index (χ2v) is 4.46. The first-order chi connectivity index (χ1) is 7.61. The molecule has 0 N–H and O–H groups in total. The molecule has 0 spiro atoms. The van der Waals surface area contributed by atoms with E-state index in [1.807, 2.05) is 13.8 Å². The molecule has 1 aromatic heterocycles. The lowest BCUT2D eigenvalue weighted by molar-refractivity contribution is 0.121. The predicted octanol–water partition coefficient (Wildman–Crippen LogP) is 1.97. The molecule has 1 aliphatic rings. The Bertz CT molecular complexity index is 397. The van der Waals surface area contributed by atoms with Crippen LogP contribution in [0.3, 0.4) is 0 Å². The minimum Gasteiger partial charge on any atom is -0.380 e. The summed E-state index contributed by atoms with van der Waals surface area (Å²) >= 11 is 6.06. The maximum atomic E-state index is 6.06. The van der Waals surface area contributed by atoms with E-state index in [0.29, 0.717) is 17.1 Å². The van der Waals surface area contributed by atoms with Gasteiger partial charge in [0.15, 0.2) is 0 Å². The first-order valence-corrected chi connectivity index (χ1v) is 5.78. The Balaban J connectivity index is 2.27. The van der Waals surface area contributed by atoms with Gasteiger partial charge in [-0.2, -0.15) is 0 Å². The molecule has 1 aromatic rings. The zero-order chi connectivity index (χ0) is 11.7. The van der Waals surface area contributed by atoms with Gasteiger partial charge in [0.05, 0.1) is 6.10 Å². The van der Waals surface area contributed by atoms with Gasteiger partial charge in [0.1, 0.15) is 16.8 Å². The quantitative estimate of drug-likeness (QED) is 0.742. The molecule has 1 saturated heterocycles. The van der Waals surface area contributed by atoms with Crippen LogP contribution >= 0.6 is 11.6 Å². The lowest BCUT2D eigenvalue weighted by Crippen LogP contribution is -2.24. The van der Waals surface area contributed by atoms with Gasteiger partial charge < -0.3 is 9.64 Å². The summed E-state index contributed by atoms with van der Waals surface area (Å²) in [5.41, 5.74) is 0.948. The van der Waals surface area contributed by atoms with Crippen LogP contribution in [0.5, 0.6) is 0 Å². The van der Waals surface area contributed by atoms with Crippen LogP contribution in [0.1, 0.15) is 17.8 Å². The van der Waals surface area contributed by atoms with Crippen LogP contribution in [-0.4, -0.2) is 36.3 Å². The third-order valence-corrected chi connectivity index (χ3v) is 3.32. The van der Waals surface area contributed by atoms with Crippen molar-refractivity contribution in [2.75, 3.05) is 25.1 Å². The summed E-state index contributed by atoms with van der Waals surface area (Å²) in [5.74, 6) is 1.66. The van der Waals surface area contributed by atoms with Gasteiger partial charge >= 0.3 is 0 Å². The number of hydrogen-bond donors (Lipinski definition) is 0. The fourth-order valence-corrected chi connectivity index (χ4v) is 2.21. The van der Waals surface area contributed by atoms with Crippen molar-refractivity contribution < 1.29 is 4.74 Å². The van der Waals surface area contributed by atoms with E-state index < -0.39 is 0 Å². The molecule has 4 nitrogen and oxygen atoms in total. The lowest BCUT2D eigenvalue weighted by Gasteiger charge is -2.20. The van der Waals surface area contributed by atoms with E-state index in [2.05, 4.69) is 14.9 Å². The summed E-state index contributed by atoms with van der Waals surface area (Å²) in [6, 6.07) is 0. The first-order valence-electron chi connectivity index (χ1n) is 5.40. The molecule has 5 heteroatoms. The topological polar surface area (TPSA) is 38.2 Å². The molecular formula is C11H16ClN3O. The fourth-order valence-electron chi connectivity index (χ4n) is 2.00. The SMILES string of the molecule is COC1CCN(c2nc(C)nc(Cl)c2C)C1. The van der Waals surface area contributed by atoms with Gasteiger partial charge in [0, 0.05) is 25.8 Å². The number of hydrogen-bond acceptors (Lipinski definition) is 4. The normalized spacial score (nSPS) is 20.5. The molecule has 0 aliphatic carbocycles. The van der Waals surface area contributed by atoms with Gasteiger partial charge in [-0.25, -0.2) is 9.97 Å². The summed E-state index contributed by atoms with van der Waals surface area (Å²) in [6.07, 6.45) is 1.34. The van der Waals surface area contributed by atoms with E-state index in [1.165, 1.54) is 0 Å². The Labute approximate surface area is 101 Å². The Morgan fingerprint density at radius 3 is 2.75 bits per heavy atom. The van der Waals surface area contributed by atoms with Gasteiger partial charge in [-0.15, -0.1) is 0 Å². The van der Waals surface area contributed by atoms with Crippen molar-refractivity contribution >= 4 is 17.4 Å². The van der Waals surface area contributed by atoms with Crippen LogP contribution in [0.2, 0.25) is 5.15 Å². The smallest absolute Gasteiger partial charge is 0.137 e. The maximum absolute atomic E-state index is 6.06. The Morgan fingerprint density at radius 1 is 1.38 bits per heavy atom. The molecule has 0 aromatic carbocycles. The predicted molar refractivity (Wildman–Crippen MR) is 64.1 cm³/mol. The number of methoxy groups -OCH3 is 1. The number of anilines is 1. The summed E-state index contributed by atoms with van der Waals surface area (Å²) in [5, 5.41) is 0.545. The molecule has 88 valence electrons. The van der Waals surface area contributed by atoms with Crippen molar-refractivity contribution in [1.29, 1.82) is 0 Å². The number of ether oxygens (including phenoxy) is 1. The molecule has 2 rings (SSSR count). The molecule has 0 bridgehead atoms. The fraction of sp³-hybridized carbons (Fsp3) is 0.636. The van der Waals surface area contributed by atoms with Crippen LogP contribution in [0, 0.1) is 13.8 Å². The van der Waals surface area contributed by atoms with Crippen LogP contribution in [0.4, 0.5) is 5.82 Å². The third kappa shape index (κ3) is 2.13. The highest BCUT2D eigenvalue weighted by molar-refractivity contribution is 6.30. The van der Waals surface area contributed by atoms with Crippen LogP contribution in [-0.2, 0) is 4.74 Å². The Kier molecular flexibility index (Phi) is 3.30. The number of rotatable bonds is 2. The Morgan fingerprint density at radius 2 is 2.12 bits per heavy atom. The second-order valence-electron chi connectivity index (χ2n) is 4.10. The molecule has 1 fully saturated rings. The van der Waals surface area contributed by atoms with Crippen molar-refractivity contribution in [1.82, 2.24) is 9.97 Å². The largest absolute Gasteiger partial charge is 0.380 e. The highest BCUT2D eigenvalue weighted by Crippen LogP contribution is 2.26. The molecule has 0 radical (unpaired) electrons. The van der Waals surface area contributed by atoms with Gasteiger partial charge in [0.25, 0.3) is 0 Å². The maximum Gasteiger partial charge on any atom is 0.137 e. The summed E-state index contributed by atoms with van der Waals surface area (Å²) in [7, 11) is 1.75. The van der Waals surface area contributed by atoms with Crippen molar-refractivity contribution in [3.8, 4) is 0 Å². The summed E-state index contributed by atoms with van der Waals surface area (Å²) in [6.45, 7) is 5.66. The van der Waals surface area contributed by atoms with Gasteiger partial charge in [-0.3, -0.25) is 0 Å². The van der Waals surface area contributed by atoms with Crippen molar-refractivity contribution in [3.63, 3.8) is 0 Å². The Hall–Kier alpha value is -0.870. The number of halogens is 1. The summed E-state index contributed by atoms with van der Waals surface area (Å²) in [4.78, 5) is 10.8. The standard InChI is InChI=1S/C11H16ClN3O/c1-7-10(12)13-8(2)14-11(7)15-5-4-9(6-15)16-3/h9H,4-6H2,1-3H3. The minimum absolute atomic E-state index is 0.299. The third-order valence-electron chi connectivity index (χ3n) is 2.95. The number of aryl methyl sites for hydroxylation is 1. The zero-order valence-corrected chi connectivity index (χ0v) is 10.6. The molecule has 1 atom stereocenters. The highest BCUT2D eigenvalue weighted by atomic mass is 35.5. The molecule has 1 unspecified atom stereocenters. The monoisotopic (exact) mass is 241 g/mol. The van der Waals surface area contributed by atoms with Gasteiger partial charge in [-0.1, -0.05) is 11.6 Å². The van der Waals surface area contributed by atoms with E-state index in [4.69, 9.17) is 16.3 Å². The van der Waals surface area contributed by atoms with E-state index >= 15 is 0 Å². The van der Waals surface area contributed by atoms with E-state index in [9.17, 15) is 0 Å². The molecule has 16 heavy (non-hydrogen) atoms. The molecular weight excluding hydrogens is 226 g/mol. The number of aromatic nitrogens is 2. The van der Waals surface area contributed by atoms with Crippen LogP contribution in [0.25, 0.3) is 0 Å². The van der Waals surface area contributed by atoms with Crippen LogP contribution in [0.15, 0.2) is 0 Å².